The first-order valence-corrected chi connectivity index (χ1v) is 8.06. The average molecular weight is 314 g/mol. The standard InChI is InChI=1S/C22H18S/c23-22-13-7-12-20(16-14-18-8-3-1-4-9-18)21(22)17-15-19-10-5-2-6-11-19/h1-17,23H. The number of rotatable bonds is 4. The molecule has 0 unspecified atom stereocenters. The third-order valence-electron chi connectivity index (χ3n) is 3.61. The van der Waals surface area contributed by atoms with Crippen molar-refractivity contribution in [1.82, 2.24) is 0 Å². The lowest BCUT2D eigenvalue weighted by Gasteiger charge is -2.05. The molecule has 0 aliphatic rings. The van der Waals surface area contributed by atoms with Crippen LogP contribution in [0.25, 0.3) is 24.3 Å². The molecule has 0 aliphatic carbocycles. The number of hydrogen-bond donors (Lipinski definition) is 1. The smallest absolute Gasteiger partial charge is 0.0119 e. The van der Waals surface area contributed by atoms with Gasteiger partial charge >= 0.3 is 0 Å². The van der Waals surface area contributed by atoms with Crippen molar-refractivity contribution in [2.24, 2.45) is 0 Å². The van der Waals surface area contributed by atoms with Gasteiger partial charge in [0.1, 0.15) is 0 Å². The van der Waals surface area contributed by atoms with E-state index in [1.54, 1.807) is 0 Å². The van der Waals surface area contributed by atoms with Gasteiger partial charge < -0.3 is 0 Å². The highest BCUT2D eigenvalue weighted by Gasteiger charge is 2.00. The van der Waals surface area contributed by atoms with Crippen LogP contribution in [-0.4, -0.2) is 0 Å². The van der Waals surface area contributed by atoms with E-state index < -0.39 is 0 Å². The van der Waals surface area contributed by atoms with Crippen molar-refractivity contribution in [1.29, 1.82) is 0 Å². The molecule has 23 heavy (non-hydrogen) atoms. The van der Waals surface area contributed by atoms with Gasteiger partial charge in [0, 0.05) is 4.90 Å². The zero-order chi connectivity index (χ0) is 15.9. The van der Waals surface area contributed by atoms with E-state index in [4.69, 9.17) is 0 Å². The second-order valence-electron chi connectivity index (χ2n) is 5.27. The summed E-state index contributed by atoms with van der Waals surface area (Å²) in [5.41, 5.74) is 4.66. The maximum atomic E-state index is 4.61. The van der Waals surface area contributed by atoms with Crippen LogP contribution in [0.1, 0.15) is 22.3 Å². The Morgan fingerprint density at radius 3 is 1.70 bits per heavy atom. The van der Waals surface area contributed by atoms with Crippen molar-refractivity contribution in [2.75, 3.05) is 0 Å². The van der Waals surface area contributed by atoms with E-state index in [1.165, 1.54) is 11.1 Å². The molecule has 0 heterocycles. The molecule has 0 amide bonds. The van der Waals surface area contributed by atoms with Crippen LogP contribution in [0.2, 0.25) is 0 Å². The van der Waals surface area contributed by atoms with E-state index in [0.29, 0.717) is 0 Å². The van der Waals surface area contributed by atoms with Gasteiger partial charge in [-0.05, 0) is 28.3 Å². The Morgan fingerprint density at radius 1 is 0.522 bits per heavy atom. The maximum absolute atomic E-state index is 4.61. The molecule has 0 bridgehead atoms. The molecule has 112 valence electrons. The fraction of sp³-hybridized carbons (Fsp3) is 0. The molecule has 0 spiro atoms. The number of benzene rings is 3. The van der Waals surface area contributed by atoms with Gasteiger partial charge in [0.15, 0.2) is 0 Å². The molecule has 3 aromatic rings. The Labute approximate surface area is 143 Å². The zero-order valence-corrected chi connectivity index (χ0v) is 13.7. The van der Waals surface area contributed by atoms with E-state index in [9.17, 15) is 0 Å². The third-order valence-corrected chi connectivity index (χ3v) is 4.00. The molecule has 0 N–H and O–H groups in total. The molecule has 0 aromatic heterocycles. The van der Waals surface area contributed by atoms with Gasteiger partial charge in [0.05, 0.1) is 0 Å². The molecule has 3 rings (SSSR count). The third kappa shape index (κ3) is 4.24. The second-order valence-corrected chi connectivity index (χ2v) is 5.75. The molecular formula is C22H18S. The van der Waals surface area contributed by atoms with Gasteiger partial charge in [0.2, 0.25) is 0 Å². The van der Waals surface area contributed by atoms with Gasteiger partial charge in [-0.2, -0.15) is 0 Å². The van der Waals surface area contributed by atoms with Gasteiger partial charge in [-0.25, -0.2) is 0 Å². The average Bonchev–Trinajstić information content (AvgIpc) is 2.61. The summed E-state index contributed by atoms with van der Waals surface area (Å²) in [7, 11) is 0. The molecule has 0 fully saturated rings. The fourth-order valence-electron chi connectivity index (χ4n) is 2.39. The predicted molar refractivity (Wildman–Crippen MR) is 104 cm³/mol. The highest BCUT2D eigenvalue weighted by atomic mass is 32.1. The number of thiol groups is 1. The molecule has 0 radical (unpaired) electrons. The first kappa shape index (κ1) is 15.4. The minimum Gasteiger partial charge on any atom is -0.143 e. The molecule has 0 nitrogen and oxygen atoms in total. The van der Waals surface area contributed by atoms with E-state index in [2.05, 4.69) is 67.3 Å². The van der Waals surface area contributed by atoms with Gasteiger partial charge in [-0.3, -0.25) is 0 Å². The molecular weight excluding hydrogens is 296 g/mol. The van der Waals surface area contributed by atoms with Crippen LogP contribution in [-0.2, 0) is 0 Å². The van der Waals surface area contributed by atoms with Crippen LogP contribution in [0.15, 0.2) is 83.8 Å². The van der Waals surface area contributed by atoms with Crippen molar-refractivity contribution < 1.29 is 0 Å². The van der Waals surface area contributed by atoms with Crippen LogP contribution in [0, 0.1) is 0 Å². The normalized spacial score (nSPS) is 11.3. The van der Waals surface area contributed by atoms with Crippen molar-refractivity contribution in [3.8, 4) is 0 Å². The topological polar surface area (TPSA) is 0 Å². The summed E-state index contributed by atoms with van der Waals surface area (Å²) < 4.78 is 0. The van der Waals surface area contributed by atoms with Crippen molar-refractivity contribution in [2.45, 2.75) is 4.90 Å². The molecule has 0 atom stereocenters. The predicted octanol–water partition coefficient (Wildman–Crippen LogP) is 6.32. The largest absolute Gasteiger partial charge is 0.143 e. The summed E-state index contributed by atoms with van der Waals surface area (Å²) in [4.78, 5) is 0.979. The van der Waals surface area contributed by atoms with Crippen molar-refractivity contribution >= 4 is 36.9 Å². The summed E-state index contributed by atoms with van der Waals surface area (Å²) in [6, 6.07) is 26.8. The molecule has 0 saturated carbocycles. The summed E-state index contributed by atoms with van der Waals surface area (Å²) in [6.45, 7) is 0. The zero-order valence-electron chi connectivity index (χ0n) is 12.8. The molecule has 0 saturated heterocycles. The first-order chi connectivity index (χ1) is 11.3. The minimum absolute atomic E-state index is 0.979. The van der Waals surface area contributed by atoms with Crippen LogP contribution in [0.5, 0.6) is 0 Å². The van der Waals surface area contributed by atoms with Crippen LogP contribution < -0.4 is 0 Å². The lowest BCUT2D eigenvalue weighted by atomic mass is 10.0. The summed E-state index contributed by atoms with van der Waals surface area (Å²) in [5, 5.41) is 0. The lowest BCUT2D eigenvalue weighted by molar-refractivity contribution is 1.42. The Balaban J connectivity index is 1.91. The Bertz CT molecular complexity index is 815. The van der Waals surface area contributed by atoms with Crippen LogP contribution in [0.4, 0.5) is 0 Å². The van der Waals surface area contributed by atoms with Gasteiger partial charge in [0.25, 0.3) is 0 Å². The fourth-order valence-corrected chi connectivity index (χ4v) is 2.68. The Morgan fingerprint density at radius 2 is 1.09 bits per heavy atom. The van der Waals surface area contributed by atoms with E-state index >= 15 is 0 Å². The molecule has 0 aliphatic heterocycles. The number of hydrogen-bond acceptors (Lipinski definition) is 1. The van der Waals surface area contributed by atoms with Crippen molar-refractivity contribution in [3.05, 3.63) is 101 Å². The highest BCUT2D eigenvalue weighted by Crippen LogP contribution is 2.23. The van der Waals surface area contributed by atoms with Crippen LogP contribution >= 0.6 is 12.6 Å². The molecule has 1 heteroatoms. The van der Waals surface area contributed by atoms with Gasteiger partial charge in [-0.1, -0.05) is 97.1 Å². The molecule has 3 aromatic carbocycles. The Kier molecular flexibility index (Phi) is 5.13. The first-order valence-electron chi connectivity index (χ1n) is 7.61. The summed E-state index contributed by atoms with van der Waals surface area (Å²) in [5.74, 6) is 0. The Hall–Kier alpha value is -2.51. The van der Waals surface area contributed by atoms with Crippen molar-refractivity contribution in [3.63, 3.8) is 0 Å². The highest BCUT2D eigenvalue weighted by molar-refractivity contribution is 7.80. The quantitative estimate of drug-likeness (QED) is 0.423. The SMILES string of the molecule is Sc1cccc(C=Cc2ccccc2)c1C=Cc1ccccc1. The van der Waals surface area contributed by atoms with Gasteiger partial charge in [-0.15, -0.1) is 12.6 Å². The van der Waals surface area contributed by atoms with E-state index in [0.717, 1.165) is 16.0 Å². The van der Waals surface area contributed by atoms with Crippen LogP contribution in [0.3, 0.4) is 0 Å². The van der Waals surface area contributed by atoms with E-state index in [1.807, 2.05) is 48.5 Å². The second kappa shape index (κ2) is 7.66. The summed E-state index contributed by atoms with van der Waals surface area (Å²) >= 11 is 4.61. The minimum atomic E-state index is 0.979. The summed E-state index contributed by atoms with van der Waals surface area (Å²) in [6.07, 6.45) is 8.51. The monoisotopic (exact) mass is 314 g/mol. The lowest BCUT2D eigenvalue weighted by Crippen LogP contribution is -1.83. The van der Waals surface area contributed by atoms with E-state index in [-0.39, 0.29) is 0 Å². The maximum Gasteiger partial charge on any atom is 0.0119 e.